The molecule has 0 aromatic carbocycles. The molecule has 3 heteroatoms. The average molecular weight is 149 g/mol. The molecule has 0 fully saturated rings. The van der Waals surface area contributed by atoms with Crippen LogP contribution in [0.4, 0.5) is 0 Å². The number of rotatable bonds is 2. The number of hydrogen-bond acceptors (Lipinski definition) is 3. The molecule has 1 atom stereocenters. The van der Waals surface area contributed by atoms with Crippen molar-refractivity contribution in [2.45, 2.75) is 12.8 Å². The predicted octanol–water partition coefficient (Wildman–Crippen LogP) is 0.897. The van der Waals surface area contributed by atoms with Crippen LogP contribution in [0.2, 0.25) is 0 Å². The second-order valence-electron chi connectivity index (χ2n) is 2.39. The summed E-state index contributed by atoms with van der Waals surface area (Å²) in [6.45, 7) is 3.62. The van der Waals surface area contributed by atoms with Crippen molar-refractivity contribution in [3.8, 4) is 0 Å². The molecule has 2 rings (SSSR count). The van der Waals surface area contributed by atoms with Gasteiger partial charge in [-0.2, -0.15) is 0 Å². The molecule has 1 radical (unpaired) electrons. The molecule has 1 N–H and O–H groups in total. The van der Waals surface area contributed by atoms with Crippen LogP contribution in [0, 0.1) is 6.20 Å². The van der Waals surface area contributed by atoms with E-state index in [1.54, 1.807) is 6.08 Å². The lowest BCUT2D eigenvalue weighted by molar-refractivity contribution is 0.0595. The molecule has 0 saturated carbocycles. The van der Waals surface area contributed by atoms with Crippen LogP contribution in [0.15, 0.2) is 30.8 Å². The highest BCUT2D eigenvalue weighted by molar-refractivity contribution is 5.06. The van der Waals surface area contributed by atoms with Crippen molar-refractivity contribution in [1.82, 2.24) is 10.2 Å². The molecule has 3 nitrogen and oxygen atoms in total. The SMILES string of the molecule is C=CCC1=[C]N2C=CNC2O1. The summed E-state index contributed by atoms with van der Waals surface area (Å²) in [4.78, 5) is 1.86. The molecule has 2 aliphatic heterocycles. The number of nitrogens with zero attached hydrogens (tertiary/aromatic N) is 1. The Labute approximate surface area is 65.6 Å². The van der Waals surface area contributed by atoms with Crippen LogP contribution < -0.4 is 5.32 Å². The van der Waals surface area contributed by atoms with Gasteiger partial charge in [-0.15, -0.1) is 6.58 Å². The molecule has 0 amide bonds. The minimum absolute atomic E-state index is 0.0649. The Kier molecular flexibility index (Phi) is 1.35. The molecule has 0 aromatic heterocycles. The molecular formula is C8H9N2O. The number of hydrogen-bond donors (Lipinski definition) is 1. The molecule has 11 heavy (non-hydrogen) atoms. The first-order valence-corrected chi connectivity index (χ1v) is 3.51. The molecule has 0 aliphatic carbocycles. The summed E-state index contributed by atoms with van der Waals surface area (Å²) in [6, 6.07) is 0. The minimum Gasteiger partial charge on any atom is -0.454 e. The van der Waals surface area contributed by atoms with Gasteiger partial charge >= 0.3 is 0 Å². The van der Waals surface area contributed by atoms with Gasteiger partial charge in [0.1, 0.15) is 12.0 Å². The van der Waals surface area contributed by atoms with Gasteiger partial charge in [0.05, 0.1) is 0 Å². The van der Waals surface area contributed by atoms with E-state index in [1.807, 2.05) is 17.3 Å². The van der Waals surface area contributed by atoms with Gasteiger partial charge in [0, 0.05) is 18.8 Å². The largest absolute Gasteiger partial charge is 0.454 e. The van der Waals surface area contributed by atoms with E-state index < -0.39 is 0 Å². The summed E-state index contributed by atoms with van der Waals surface area (Å²) >= 11 is 0. The molecule has 0 aromatic rings. The van der Waals surface area contributed by atoms with Crippen LogP contribution in [0.1, 0.15) is 6.42 Å². The number of allylic oxidation sites excluding steroid dienone is 1. The quantitative estimate of drug-likeness (QED) is 0.590. The number of ether oxygens (including phenoxy) is 1. The normalized spacial score (nSPS) is 25.6. The third kappa shape index (κ3) is 0.981. The topological polar surface area (TPSA) is 24.5 Å². The van der Waals surface area contributed by atoms with Crippen molar-refractivity contribution in [1.29, 1.82) is 0 Å². The standard InChI is InChI=1S/C8H9N2O/c1-2-3-7-6-10-5-4-9-8(10)11-7/h2,4-5,8-9H,1,3H2. The van der Waals surface area contributed by atoms with Crippen LogP contribution in [0.5, 0.6) is 0 Å². The van der Waals surface area contributed by atoms with E-state index in [0.717, 1.165) is 12.2 Å². The lowest BCUT2D eigenvalue weighted by Gasteiger charge is -2.13. The highest BCUT2D eigenvalue weighted by Gasteiger charge is 2.26. The number of nitrogens with one attached hydrogen (secondary N) is 1. The van der Waals surface area contributed by atoms with Crippen LogP contribution >= 0.6 is 0 Å². The van der Waals surface area contributed by atoms with E-state index in [-0.39, 0.29) is 6.35 Å². The molecule has 0 bridgehead atoms. The third-order valence-electron chi connectivity index (χ3n) is 1.56. The number of fused-ring (bicyclic) bond motifs is 1. The van der Waals surface area contributed by atoms with Crippen molar-refractivity contribution in [3.63, 3.8) is 0 Å². The molecule has 2 heterocycles. The highest BCUT2D eigenvalue weighted by atomic mass is 16.5. The third-order valence-corrected chi connectivity index (χ3v) is 1.56. The van der Waals surface area contributed by atoms with Crippen LogP contribution in [-0.2, 0) is 4.74 Å². The first kappa shape index (κ1) is 6.34. The Bertz CT molecular complexity index is 232. The van der Waals surface area contributed by atoms with E-state index in [4.69, 9.17) is 4.74 Å². The first-order valence-electron chi connectivity index (χ1n) is 3.51. The molecule has 2 aliphatic rings. The maximum atomic E-state index is 5.41. The Morgan fingerprint density at radius 2 is 2.82 bits per heavy atom. The van der Waals surface area contributed by atoms with Gasteiger partial charge in [-0.25, -0.2) is 0 Å². The smallest absolute Gasteiger partial charge is 0.254 e. The van der Waals surface area contributed by atoms with E-state index in [2.05, 4.69) is 18.1 Å². The summed E-state index contributed by atoms with van der Waals surface area (Å²) in [5.74, 6) is 0.835. The van der Waals surface area contributed by atoms with E-state index in [1.165, 1.54) is 0 Å². The van der Waals surface area contributed by atoms with Gasteiger partial charge in [0.25, 0.3) is 6.35 Å². The lowest BCUT2D eigenvalue weighted by Crippen LogP contribution is -2.29. The zero-order valence-corrected chi connectivity index (χ0v) is 6.08. The summed E-state index contributed by atoms with van der Waals surface area (Å²) < 4.78 is 5.41. The molecule has 0 saturated heterocycles. The minimum atomic E-state index is -0.0649. The van der Waals surface area contributed by atoms with Crippen molar-refractivity contribution in [2.24, 2.45) is 0 Å². The Morgan fingerprint density at radius 3 is 3.55 bits per heavy atom. The Balaban J connectivity index is 2.06. The van der Waals surface area contributed by atoms with Crippen molar-refractivity contribution >= 4 is 0 Å². The van der Waals surface area contributed by atoms with Gasteiger partial charge in [-0.05, 0) is 0 Å². The zero-order valence-electron chi connectivity index (χ0n) is 6.08. The Hall–Kier alpha value is -1.38. The monoisotopic (exact) mass is 149 g/mol. The second kappa shape index (κ2) is 2.34. The highest BCUT2D eigenvalue weighted by Crippen LogP contribution is 2.21. The first-order chi connectivity index (χ1) is 5.40. The van der Waals surface area contributed by atoms with Gasteiger partial charge in [0.2, 0.25) is 0 Å². The van der Waals surface area contributed by atoms with Crippen molar-refractivity contribution in [2.75, 3.05) is 0 Å². The van der Waals surface area contributed by atoms with Gasteiger partial charge in [-0.1, -0.05) is 6.08 Å². The average Bonchev–Trinajstić information content (AvgIpc) is 2.46. The van der Waals surface area contributed by atoms with Crippen LogP contribution in [0.25, 0.3) is 0 Å². The van der Waals surface area contributed by atoms with Crippen molar-refractivity contribution in [3.05, 3.63) is 37.0 Å². The second-order valence-corrected chi connectivity index (χ2v) is 2.39. The van der Waals surface area contributed by atoms with E-state index >= 15 is 0 Å². The maximum absolute atomic E-state index is 5.41. The molecule has 57 valence electrons. The molecule has 0 spiro atoms. The fourth-order valence-electron chi connectivity index (χ4n) is 1.08. The predicted molar refractivity (Wildman–Crippen MR) is 40.6 cm³/mol. The summed E-state index contributed by atoms with van der Waals surface area (Å²) in [5, 5.41) is 3.01. The summed E-state index contributed by atoms with van der Waals surface area (Å²) in [5.41, 5.74) is 0. The van der Waals surface area contributed by atoms with Gasteiger partial charge < -0.3 is 10.1 Å². The molecular weight excluding hydrogens is 140 g/mol. The van der Waals surface area contributed by atoms with E-state index in [0.29, 0.717) is 0 Å². The Morgan fingerprint density at radius 1 is 1.91 bits per heavy atom. The fourth-order valence-corrected chi connectivity index (χ4v) is 1.08. The van der Waals surface area contributed by atoms with Crippen LogP contribution in [0.3, 0.4) is 0 Å². The maximum Gasteiger partial charge on any atom is 0.254 e. The summed E-state index contributed by atoms with van der Waals surface area (Å²) in [6.07, 6.45) is 9.26. The van der Waals surface area contributed by atoms with Gasteiger partial charge in [0.15, 0.2) is 0 Å². The zero-order chi connectivity index (χ0) is 7.68. The van der Waals surface area contributed by atoms with E-state index in [9.17, 15) is 0 Å². The van der Waals surface area contributed by atoms with Gasteiger partial charge in [-0.3, -0.25) is 4.90 Å². The van der Waals surface area contributed by atoms with Crippen molar-refractivity contribution < 1.29 is 4.74 Å². The molecule has 1 unspecified atom stereocenters. The lowest BCUT2D eigenvalue weighted by atomic mass is 10.4. The van der Waals surface area contributed by atoms with Crippen LogP contribution in [-0.4, -0.2) is 11.3 Å². The fraction of sp³-hybridized carbons (Fsp3) is 0.250. The summed E-state index contributed by atoms with van der Waals surface area (Å²) in [7, 11) is 0.